The monoisotopic (exact) mass is 594 g/mol. The predicted octanol–water partition coefficient (Wildman–Crippen LogP) is 1.06. The van der Waals surface area contributed by atoms with Crippen molar-refractivity contribution in [2.24, 2.45) is 0 Å². The molecule has 0 spiro atoms. The number of phenolic OH excluding ortho intramolecular Hbond substituents is 1. The van der Waals surface area contributed by atoms with E-state index in [4.69, 9.17) is 0 Å². The zero-order chi connectivity index (χ0) is 28.2. The van der Waals surface area contributed by atoms with Crippen molar-refractivity contribution in [3.63, 3.8) is 0 Å². The number of piperazine rings is 1. The van der Waals surface area contributed by atoms with Crippen LogP contribution < -0.4 is 10.8 Å². The number of hydrogen-bond acceptors (Lipinski definition) is 9. The van der Waals surface area contributed by atoms with Crippen LogP contribution in [0.1, 0.15) is 10.4 Å². The van der Waals surface area contributed by atoms with Gasteiger partial charge in [-0.05, 0) is 54.1 Å². The lowest BCUT2D eigenvalue weighted by molar-refractivity contribution is -0.134. The molecule has 2 amide bonds. The molecule has 4 rings (SSSR count). The number of carbonyl (C=O) groups is 2. The Kier molecular flexibility index (Phi) is 8.68. The van der Waals surface area contributed by atoms with Crippen LogP contribution in [-0.4, -0.2) is 85.5 Å². The summed E-state index contributed by atoms with van der Waals surface area (Å²) in [5.74, 6) is -1.92. The third-order valence-electron chi connectivity index (χ3n) is 6.08. The number of thiophene rings is 1. The quantitative estimate of drug-likeness (QED) is 0.210. The summed E-state index contributed by atoms with van der Waals surface area (Å²) in [5, 5.41) is 21.3. The van der Waals surface area contributed by atoms with Crippen molar-refractivity contribution in [1.82, 2.24) is 19.4 Å². The zero-order valence-electron chi connectivity index (χ0n) is 20.4. The van der Waals surface area contributed by atoms with Gasteiger partial charge in [0.15, 0.2) is 0 Å². The Morgan fingerprint density at radius 3 is 2.31 bits per heavy atom. The minimum Gasteiger partial charge on any atom is -0.508 e. The SMILES string of the molecule is O=C(NCCS(=O)(=O)N1CCN(S(=O)(=O)c2ccc(-c3ccc(O)cc3)s2)[C@@H](C(=O)NO)C1)c1ccccc1. The molecule has 0 radical (unpaired) electrons. The molecule has 0 unspecified atom stereocenters. The van der Waals surface area contributed by atoms with E-state index in [-0.39, 0.29) is 29.6 Å². The molecular weight excluding hydrogens is 568 g/mol. The highest BCUT2D eigenvalue weighted by Gasteiger charge is 2.43. The molecule has 1 aromatic heterocycles. The Morgan fingerprint density at radius 2 is 1.64 bits per heavy atom. The van der Waals surface area contributed by atoms with Gasteiger partial charge in [-0.1, -0.05) is 18.2 Å². The van der Waals surface area contributed by atoms with E-state index in [1.165, 1.54) is 23.7 Å². The fourth-order valence-corrected chi connectivity index (χ4v) is 8.40. The molecular formula is C24H26N4O8S3. The maximum Gasteiger partial charge on any atom is 0.263 e. The number of benzene rings is 2. The highest BCUT2D eigenvalue weighted by atomic mass is 32.2. The van der Waals surface area contributed by atoms with Gasteiger partial charge in [0.05, 0.1) is 5.75 Å². The number of sulfonamides is 2. The number of amides is 2. The number of hydroxylamine groups is 1. The van der Waals surface area contributed by atoms with Crippen LogP contribution in [0.2, 0.25) is 0 Å². The highest BCUT2D eigenvalue weighted by molar-refractivity contribution is 7.91. The number of carbonyl (C=O) groups excluding carboxylic acids is 2. The molecule has 1 fully saturated rings. The maximum absolute atomic E-state index is 13.5. The Balaban J connectivity index is 1.47. The number of nitrogens with zero attached hydrogens (tertiary/aromatic N) is 2. The van der Waals surface area contributed by atoms with E-state index in [1.54, 1.807) is 48.5 Å². The maximum atomic E-state index is 13.5. The molecule has 39 heavy (non-hydrogen) atoms. The minimum atomic E-state index is -4.24. The van der Waals surface area contributed by atoms with Gasteiger partial charge in [0.25, 0.3) is 21.8 Å². The van der Waals surface area contributed by atoms with Gasteiger partial charge in [-0.2, -0.15) is 8.61 Å². The van der Waals surface area contributed by atoms with Gasteiger partial charge in [0, 0.05) is 36.6 Å². The Hall–Kier alpha value is -3.34. The second kappa shape index (κ2) is 11.8. The molecule has 1 atom stereocenters. The molecule has 1 aliphatic rings. The molecule has 0 aliphatic carbocycles. The number of nitrogens with one attached hydrogen (secondary N) is 2. The van der Waals surface area contributed by atoms with Gasteiger partial charge in [-0.25, -0.2) is 22.3 Å². The average molecular weight is 595 g/mol. The van der Waals surface area contributed by atoms with Gasteiger partial charge >= 0.3 is 0 Å². The van der Waals surface area contributed by atoms with Crippen molar-refractivity contribution in [2.75, 3.05) is 31.9 Å². The summed E-state index contributed by atoms with van der Waals surface area (Å²) < 4.78 is 54.7. The smallest absolute Gasteiger partial charge is 0.263 e. The molecule has 0 bridgehead atoms. The molecule has 3 aromatic rings. The van der Waals surface area contributed by atoms with E-state index < -0.39 is 50.2 Å². The topological polar surface area (TPSA) is 173 Å². The van der Waals surface area contributed by atoms with Crippen LogP contribution in [0.5, 0.6) is 5.75 Å². The Morgan fingerprint density at radius 1 is 0.949 bits per heavy atom. The number of hydrogen-bond donors (Lipinski definition) is 4. The van der Waals surface area contributed by atoms with Gasteiger partial charge in [-0.3, -0.25) is 14.8 Å². The fraction of sp³-hybridized carbons (Fsp3) is 0.250. The van der Waals surface area contributed by atoms with E-state index in [1.807, 2.05) is 0 Å². The second-order valence-corrected chi connectivity index (χ2v) is 13.9. The summed E-state index contributed by atoms with van der Waals surface area (Å²) in [4.78, 5) is 25.3. The van der Waals surface area contributed by atoms with Gasteiger partial charge < -0.3 is 10.4 Å². The number of rotatable bonds is 9. The summed E-state index contributed by atoms with van der Waals surface area (Å²) in [6.07, 6.45) is 0. The summed E-state index contributed by atoms with van der Waals surface area (Å²) in [6, 6.07) is 15.9. The van der Waals surface area contributed by atoms with Crippen LogP contribution in [0.15, 0.2) is 70.9 Å². The van der Waals surface area contributed by atoms with Crippen LogP contribution in [0.3, 0.4) is 0 Å². The number of phenols is 1. The van der Waals surface area contributed by atoms with Crippen molar-refractivity contribution in [3.8, 4) is 16.2 Å². The standard InChI is InChI=1S/C24H26N4O8S3/c29-19-8-6-17(7-9-19)21-10-11-22(37-21)39(35,36)28-14-13-27(16-20(28)24(31)26-32)38(33,34)15-12-25-23(30)18-4-2-1-3-5-18/h1-11,20,29,32H,12-16H2,(H,25,30)(H,26,31)/t20-/m1/s1. The molecule has 0 saturated carbocycles. The van der Waals surface area contributed by atoms with E-state index in [0.717, 1.165) is 19.9 Å². The van der Waals surface area contributed by atoms with E-state index in [2.05, 4.69) is 5.32 Å². The van der Waals surface area contributed by atoms with Gasteiger partial charge in [-0.15, -0.1) is 11.3 Å². The summed E-state index contributed by atoms with van der Waals surface area (Å²) in [6.45, 7) is -1.26. The van der Waals surface area contributed by atoms with E-state index in [0.29, 0.717) is 16.0 Å². The largest absolute Gasteiger partial charge is 0.508 e. The molecule has 4 N–H and O–H groups in total. The van der Waals surface area contributed by atoms with Crippen LogP contribution in [0.4, 0.5) is 0 Å². The second-order valence-electron chi connectivity index (χ2n) is 8.57. The zero-order valence-corrected chi connectivity index (χ0v) is 22.9. The third-order valence-corrected chi connectivity index (χ3v) is 11.4. The lowest BCUT2D eigenvalue weighted by atomic mass is 10.2. The Labute approximate surface area is 229 Å². The fourth-order valence-electron chi connectivity index (χ4n) is 4.04. The van der Waals surface area contributed by atoms with Crippen LogP contribution in [-0.2, 0) is 24.8 Å². The summed E-state index contributed by atoms with van der Waals surface area (Å²) in [7, 11) is -8.22. The Bertz CT molecular complexity index is 1540. The summed E-state index contributed by atoms with van der Waals surface area (Å²) in [5.41, 5.74) is 2.48. The predicted molar refractivity (Wildman–Crippen MR) is 143 cm³/mol. The molecule has 2 aromatic carbocycles. The van der Waals surface area contributed by atoms with Crippen LogP contribution in [0, 0.1) is 0 Å². The third kappa shape index (κ3) is 6.46. The lowest BCUT2D eigenvalue weighted by Crippen LogP contribution is -2.61. The van der Waals surface area contributed by atoms with Crippen molar-refractivity contribution in [2.45, 2.75) is 10.3 Å². The first-order valence-corrected chi connectivity index (χ1v) is 15.6. The van der Waals surface area contributed by atoms with E-state index >= 15 is 0 Å². The molecule has 2 heterocycles. The van der Waals surface area contributed by atoms with Crippen molar-refractivity contribution >= 4 is 43.2 Å². The highest BCUT2D eigenvalue weighted by Crippen LogP contribution is 2.34. The van der Waals surface area contributed by atoms with Gasteiger partial charge in [0.1, 0.15) is 16.0 Å². The first-order chi connectivity index (χ1) is 18.5. The molecule has 1 aliphatic heterocycles. The molecule has 208 valence electrons. The van der Waals surface area contributed by atoms with Crippen LogP contribution >= 0.6 is 11.3 Å². The lowest BCUT2D eigenvalue weighted by Gasteiger charge is -2.38. The first kappa shape index (κ1) is 28.7. The first-order valence-electron chi connectivity index (χ1n) is 11.7. The molecule has 12 nitrogen and oxygen atoms in total. The van der Waals surface area contributed by atoms with Crippen molar-refractivity contribution in [1.29, 1.82) is 0 Å². The number of aromatic hydroxyl groups is 1. The molecule has 15 heteroatoms. The van der Waals surface area contributed by atoms with Crippen LogP contribution in [0.25, 0.3) is 10.4 Å². The van der Waals surface area contributed by atoms with Crippen molar-refractivity contribution < 1.29 is 36.7 Å². The minimum absolute atomic E-state index is 0.0624. The summed E-state index contributed by atoms with van der Waals surface area (Å²) >= 11 is 0.955. The van der Waals surface area contributed by atoms with Gasteiger partial charge in [0.2, 0.25) is 10.0 Å². The average Bonchev–Trinajstić information content (AvgIpc) is 3.44. The normalized spacial score (nSPS) is 17.0. The van der Waals surface area contributed by atoms with Crippen molar-refractivity contribution in [3.05, 3.63) is 72.3 Å². The molecule has 1 saturated heterocycles. The van der Waals surface area contributed by atoms with E-state index in [9.17, 15) is 36.7 Å².